The first-order valence-corrected chi connectivity index (χ1v) is 10.0. The molecule has 0 radical (unpaired) electrons. The summed E-state index contributed by atoms with van der Waals surface area (Å²) in [7, 11) is 0. The Hall–Kier alpha value is -3.22. The lowest BCUT2D eigenvalue weighted by molar-refractivity contribution is -0.129. The highest BCUT2D eigenvalue weighted by molar-refractivity contribution is 9.10. The molecule has 1 aliphatic heterocycles. The molecule has 0 bridgehead atoms. The highest BCUT2D eigenvalue weighted by Gasteiger charge is 2.25. The molecule has 0 N–H and O–H groups in total. The molecule has 0 saturated carbocycles. The summed E-state index contributed by atoms with van der Waals surface area (Å²) in [6, 6.07) is 20.6. The van der Waals surface area contributed by atoms with Crippen molar-refractivity contribution in [3.8, 4) is 5.75 Å². The van der Waals surface area contributed by atoms with Gasteiger partial charge in [0.1, 0.15) is 5.75 Å². The molecular formula is C23H13BrClNO4. The van der Waals surface area contributed by atoms with Crippen LogP contribution in [0.25, 0.3) is 6.08 Å². The van der Waals surface area contributed by atoms with E-state index in [4.69, 9.17) is 21.1 Å². The number of aliphatic imine (C=N–C) groups is 1. The molecule has 0 amide bonds. The first kappa shape index (κ1) is 20.1. The molecule has 0 aromatic heterocycles. The van der Waals surface area contributed by atoms with Crippen LogP contribution < -0.4 is 4.74 Å². The summed E-state index contributed by atoms with van der Waals surface area (Å²) in [5, 5.41) is 0.447. The second-order valence-electron chi connectivity index (χ2n) is 6.28. The van der Waals surface area contributed by atoms with Gasteiger partial charge in [0.15, 0.2) is 5.70 Å². The van der Waals surface area contributed by atoms with E-state index in [1.165, 1.54) is 0 Å². The van der Waals surface area contributed by atoms with Gasteiger partial charge in [0.25, 0.3) is 0 Å². The molecular weight excluding hydrogens is 470 g/mol. The summed E-state index contributed by atoms with van der Waals surface area (Å²) in [5.74, 6) is -0.464. The standard InChI is InChI=1S/C23H13BrClNO4/c24-16-9-7-15(8-10-16)22(27)29-17-11-5-14(6-12-17)13-20-23(28)30-21(26-20)18-3-1-2-4-19(18)25/h1-13H/b20-13+. The van der Waals surface area contributed by atoms with Gasteiger partial charge in [0, 0.05) is 4.47 Å². The minimum absolute atomic E-state index is 0.157. The molecule has 1 heterocycles. The topological polar surface area (TPSA) is 65.0 Å². The zero-order valence-corrected chi connectivity index (χ0v) is 17.7. The fraction of sp³-hybridized carbons (Fsp3) is 0. The van der Waals surface area contributed by atoms with Gasteiger partial charge in [-0.1, -0.05) is 51.8 Å². The second-order valence-corrected chi connectivity index (χ2v) is 7.60. The van der Waals surface area contributed by atoms with E-state index < -0.39 is 11.9 Å². The number of ether oxygens (including phenoxy) is 2. The number of carbonyl (C=O) groups excluding carboxylic acids is 2. The predicted octanol–water partition coefficient (Wildman–Crippen LogP) is 5.67. The summed E-state index contributed by atoms with van der Waals surface area (Å²) in [6.45, 7) is 0. The van der Waals surface area contributed by atoms with E-state index in [1.807, 2.05) is 0 Å². The van der Waals surface area contributed by atoms with Gasteiger partial charge in [0.05, 0.1) is 16.1 Å². The number of cyclic esters (lactones) is 1. The third-order valence-electron chi connectivity index (χ3n) is 4.20. The predicted molar refractivity (Wildman–Crippen MR) is 118 cm³/mol. The molecule has 1 aliphatic rings. The minimum atomic E-state index is -0.560. The second kappa shape index (κ2) is 8.65. The van der Waals surface area contributed by atoms with Crippen LogP contribution >= 0.6 is 27.5 Å². The third kappa shape index (κ3) is 4.50. The van der Waals surface area contributed by atoms with Gasteiger partial charge in [0.2, 0.25) is 5.90 Å². The minimum Gasteiger partial charge on any atom is -0.423 e. The molecule has 0 saturated heterocycles. The number of carbonyl (C=O) groups is 2. The maximum Gasteiger partial charge on any atom is 0.363 e. The van der Waals surface area contributed by atoms with Gasteiger partial charge < -0.3 is 9.47 Å². The smallest absolute Gasteiger partial charge is 0.363 e. The zero-order chi connectivity index (χ0) is 21.1. The number of hydrogen-bond acceptors (Lipinski definition) is 5. The molecule has 5 nitrogen and oxygen atoms in total. The maximum atomic E-state index is 12.2. The largest absolute Gasteiger partial charge is 0.423 e. The third-order valence-corrected chi connectivity index (χ3v) is 5.06. The van der Waals surface area contributed by atoms with Gasteiger partial charge in [-0.2, -0.15) is 0 Å². The SMILES string of the molecule is O=C1OC(c2ccccc2Cl)=N/C1=C/c1ccc(OC(=O)c2ccc(Br)cc2)cc1. The van der Waals surface area contributed by atoms with Crippen molar-refractivity contribution in [1.29, 1.82) is 0 Å². The summed E-state index contributed by atoms with van der Waals surface area (Å²) >= 11 is 9.46. The molecule has 0 fully saturated rings. The van der Waals surface area contributed by atoms with E-state index in [0.717, 1.165) is 4.47 Å². The Morgan fingerprint density at radius 1 is 1.00 bits per heavy atom. The summed E-state index contributed by atoms with van der Waals surface area (Å²) < 4.78 is 11.5. The maximum absolute atomic E-state index is 12.2. The van der Waals surface area contributed by atoms with Crippen LogP contribution in [0.1, 0.15) is 21.5 Å². The Balaban J connectivity index is 1.49. The average molecular weight is 483 g/mol. The van der Waals surface area contributed by atoms with Crippen LogP contribution in [0.5, 0.6) is 5.75 Å². The molecule has 7 heteroatoms. The Morgan fingerprint density at radius 3 is 2.40 bits per heavy atom. The zero-order valence-electron chi connectivity index (χ0n) is 15.3. The first-order valence-electron chi connectivity index (χ1n) is 8.85. The van der Waals surface area contributed by atoms with Gasteiger partial charge in [-0.25, -0.2) is 14.6 Å². The fourth-order valence-electron chi connectivity index (χ4n) is 2.70. The van der Waals surface area contributed by atoms with Crippen molar-refractivity contribution in [2.75, 3.05) is 0 Å². The highest BCUT2D eigenvalue weighted by Crippen LogP contribution is 2.24. The van der Waals surface area contributed by atoms with E-state index >= 15 is 0 Å². The number of esters is 2. The number of hydrogen-bond donors (Lipinski definition) is 0. The van der Waals surface area contributed by atoms with Gasteiger partial charge in [-0.15, -0.1) is 0 Å². The van der Waals surface area contributed by atoms with Gasteiger partial charge >= 0.3 is 11.9 Å². The summed E-state index contributed by atoms with van der Waals surface area (Å²) in [6.07, 6.45) is 1.59. The van der Waals surface area contributed by atoms with Crippen LogP contribution in [-0.2, 0) is 9.53 Å². The van der Waals surface area contributed by atoms with E-state index in [0.29, 0.717) is 27.5 Å². The molecule has 4 rings (SSSR count). The molecule has 148 valence electrons. The van der Waals surface area contributed by atoms with Crippen LogP contribution in [0, 0.1) is 0 Å². The Bertz CT molecular complexity index is 1180. The molecule has 3 aromatic carbocycles. The van der Waals surface area contributed by atoms with Crippen LogP contribution in [0.4, 0.5) is 0 Å². The van der Waals surface area contributed by atoms with Crippen LogP contribution in [-0.4, -0.2) is 17.8 Å². The van der Waals surface area contributed by atoms with Gasteiger partial charge in [-0.3, -0.25) is 0 Å². The fourth-order valence-corrected chi connectivity index (χ4v) is 3.18. The van der Waals surface area contributed by atoms with Crippen LogP contribution in [0.3, 0.4) is 0 Å². The molecule has 0 atom stereocenters. The average Bonchev–Trinajstić information content (AvgIpc) is 3.10. The van der Waals surface area contributed by atoms with Crippen molar-refractivity contribution in [1.82, 2.24) is 0 Å². The van der Waals surface area contributed by atoms with Crippen molar-refractivity contribution < 1.29 is 19.1 Å². The summed E-state index contributed by atoms with van der Waals surface area (Å²) in [5.41, 5.74) is 1.85. The van der Waals surface area contributed by atoms with Crippen LogP contribution in [0.15, 0.2) is 88.0 Å². The highest BCUT2D eigenvalue weighted by atomic mass is 79.9. The van der Waals surface area contributed by atoms with Crippen molar-refractivity contribution in [3.05, 3.63) is 105 Å². The van der Waals surface area contributed by atoms with Crippen molar-refractivity contribution in [2.24, 2.45) is 4.99 Å². The van der Waals surface area contributed by atoms with E-state index in [9.17, 15) is 9.59 Å². The Kier molecular flexibility index (Phi) is 5.79. The number of rotatable bonds is 4. The molecule has 3 aromatic rings. The van der Waals surface area contributed by atoms with Crippen LogP contribution in [0.2, 0.25) is 5.02 Å². The molecule has 30 heavy (non-hydrogen) atoms. The number of benzene rings is 3. The lowest BCUT2D eigenvalue weighted by atomic mass is 10.2. The van der Waals surface area contributed by atoms with Crippen molar-refractivity contribution in [2.45, 2.75) is 0 Å². The lowest BCUT2D eigenvalue weighted by Crippen LogP contribution is -2.08. The number of nitrogens with zero attached hydrogens (tertiary/aromatic N) is 1. The quantitative estimate of drug-likeness (QED) is 0.273. The Morgan fingerprint density at radius 2 is 1.70 bits per heavy atom. The molecule has 0 aliphatic carbocycles. The molecule has 0 unspecified atom stereocenters. The monoisotopic (exact) mass is 481 g/mol. The van der Waals surface area contributed by atoms with Crippen molar-refractivity contribution >= 4 is 51.4 Å². The normalized spacial score (nSPS) is 14.4. The van der Waals surface area contributed by atoms with Gasteiger partial charge in [-0.05, 0) is 60.2 Å². The first-order chi connectivity index (χ1) is 14.5. The Labute approximate surface area is 185 Å². The summed E-state index contributed by atoms with van der Waals surface area (Å²) in [4.78, 5) is 28.6. The van der Waals surface area contributed by atoms with E-state index in [2.05, 4.69) is 20.9 Å². The van der Waals surface area contributed by atoms with E-state index in [1.54, 1.807) is 78.9 Å². The van der Waals surface area contributed by atoms with E-state index in [-0.39, 0.29) is 11.6 Å². The van der Waals surface area contributed by atoms with Crippen molar-refractivity contribution in [3.63, 3.8) is 0 Å². The molecule has 0 spiro atoms. The lowest BCUT2D eigenvalue weighted by Gasteiger charge is -2.05. The number of halogens is 2.